The first-order valence-electron chi connectivity index (χ1n) is 9.97. The molecule has 2 N–H and O–H groups in total. The molecule has 3 heterocycles. The van der Waals surface area contributed by atoms with Crippen LogP contribution in [0.4, 0.5) is 10.9 Å². The third-order valence-corrected chi connectivity index (χ3v) is 6.54. The lowest BCUT2D eigenvalue weighted by atomic mass is 10.1. The van der Waals surface area contributed by atoms with Crippen LogP contribution in [-0.2, 0) is 0 Å². The molecule has 1 saturated heterocycles. The van der Waals surface area contributed by atoms with Gasteiger partial charge in [0, 0.05) is 37.8 Å². The van der Waals surface area contributed by atoms with E-state index < -0.39 is 0 Å². The standard InChI is InChI=1S/C20H26N6S/c1-14-5-4-6-15(13-14)17-18(22-16-7-2-3-8-16)26-19(23-17)27-20(24-26)25-11-9-21-10-12-25/h4-6,13,16,21-22H,2-3,7-12H2,1H3. The fourth-order valence-corrected chi connectivity index (χ4v) is 5.06. The van der Waals surface area contributed by atoms with E-state index in [1.54, 1.807) is 11.3 Å². The summed E-state index contributed by atoms with van der Waals surface area (Å²) in [5.74, 6) is 1.06. The van der Waals surface area contributed by atoms with Gasteiger partial charge in [-0.05, 0) is 25.8 Å². The van der Waals surface area contributed by atoms with Crippen molar-refractivity contribution >= 4 is 27.2 Å². The number of imidazole rings is 1. The largest absolute Gasteiger partial charge is 0.365 e. The molecule has 0 bridgehead atoms. The van der Waals surface area contributed by atoms with Crippen LogP contribution in [0.25, 0.3) is 16.2 Å². The molecule has 6 nitrogen and oxygen atoms in total. The molecule has 0 amide bonds. The van der Waals surface area contributed by atoms with Crippen molar-refractivity contribution in [2.24, 2.45) is 0 Å². The third kappa shape index (κ3) is 3.30. The number of fused-ring (bicyclic) bond motifs is 1. The first kappa shape index (κ1) is 17.0. The third-order valence-electron chi connectivity index (χ3n) is 5.57. The zero-order valence-corrected chi connectivity index (χ0v) is 16.6. The van der Waals surface area contributed by atoms with Gasteiger partial charge in [-0.3, -0.25) is 0 Å². The topological polar surface area (TPSA) is 57.5 Å². The molecule has 1 aliphatic heterocycles. The molecule has 2 aliphatic rings. The quantitative estimate of drug-likeness (QED) is 0.723. The summed E-state index contributed by atoms with van der Waals surface area (Å²) in [6.45, 7) is 6.18. The molecule has 2 aromatic heterocycles. The normalized spacial score (nSPS) is 18.5. The number of aromatic nitrogens is 3. The maximum Gasteiger partial charge on any atom is 0.216 e. The van der Waals surface area contributed by atoms with E-state index in [1.165, 1.54) is 31.2 Å². The number of nitrogens with zero attached hydrogens (tertiary/aromatic N) is 4. The fraction of sp³-hybridized carbons (Fsp3) is 0.500. The predicted octanol–water partition coefficient (Wildman–Crippen LogP) is 3.53. The van der Waals surface area contributed by atoms with Gasteiger partial charge in [-0.1, -0.05) is 47.9 Å². The summed E-state index contributed by atoms with van der Waals surface area (Å²) in [5, 5.41) is 13.2. The molecule has 1 saturated carbocycles. The van der Waals surface area contributed by atoms with Crippen LogP contribution in [0.1, 0.15) is 31.2 Å². The number of aryl methyl sites for hydroxylation is 1. The molecule has 0 atom stereocenters. The Labute approximate surface area is 163 Å². The van der Waals surface area contributed by atoms with Gasteiger partial charge >= 0.3 is 0 Å². The van der Waals surface area contributed by atoms with Crippen LogP contribution in [0.2, 0.25) is 0 Å². The molecule has 2 fully saturated rings. The number of piperazine rings is 1. The Balaban J connectivity index is 1.57. The van der Waals surface area contributed by atoms with Crippen LogP contribution >= 0.6 is 11.3 Å². The van der Waals surface area contributed by atoms with Crippen molar-refractivity contribution in [3.63, 3.8) is 0 Å². The lowest BCUT2D eigenvalue weighted by Gasteiger charge is -2.26. The van der Waals surface area contributed by atoms with E-state index in [9.17, 15) is 0 Å². The van der Waals surface area contributed by atoms with Gasteiger partial charge in [0.15, 0.2) is 5.82 Å². The zero-order chi connectivity index (χ0) is 18.2. The summed E-state index contributed by atoms with van der Waals surface area (Å²) in [6, 6.07) is 9.13. The van der Waals surface area contributed by atoms with Gasteiger partial charge < -0.3 is 15.5 Å². The molecule has 1 aromatic carbocycles. The van der Waals surface area contributed by atoms with E-state index in [2.05, 4.69) is 46.7 Å². The van der Waals surface area contributed by atoms with Gasteiger partial charge in [0.1, 0.15) is 5.69 Å². The number of rotatable bonds is 4. The number of benzene rings is 1. The number of nitrogens with one attached hydrogen (secondary N) is 2. The van der Waals surface area contributed by atoms with E-state index in [0.29, 0.717) is 6.04 Å². The Hall–Kier alpha value is -2.12. The average molecular weight is 383 g/mol. The molecule has 27 heavy (non-hydrogen) atoms. The summed E-state index contributed by atoms with van der Waals surface area (Å²) in [6.07, 6.45) is 5.08. The van der Waals surface area contributed by atoms with Crippen molar-refractivity contribution in [1.82, 2.24) is 19.9 Å². The van der Waals surface area contributed by atoms with Crippen LogP contribution in [-0.4, -0.2) is 46.8 Å². The van der Waals surface area contributed by atoms with E-state index in [4.69, 9.17) is 10.1 Å². The highest BCUT2D eigenvalue weighted by molar-refractivity contribution is 7.20. The molecule has 7 heteroatoms. The highest BCUT2D eigenvalue weighted by Crippen LogP contribution is 2.35. The van der Waals surface area contributed by atoms with E-state index in [-0.39, 0.29) is 0 Å². The minimum Gasteiger partial charge on any atom is -0.365 e. The van der Waals surface area contributed by atoms with Gasteiger partial charge in [-0.25, -0.2) is 4.98 Å². The Bertz CT molecular complexity index is 933. The SMILES string of the molecule is Cc1cccc(-c2nc3sc(N4CCNCC4)nn3c2NC2CCCC2)c1. The Morgan fingerprint density at radius 2 is 2.00 bits per heavy atom. The van der Waals surface area contributed by atoms with Crippen LogP contribution in [0.3, 0.4) is 0 Å². The lowest BCUT2D eigenvalue weighted by Crippen LogP contribution is -2.43. The molecule has 0 spiro atoms. The summed E-state index contributed by atoms with van der Waals surface area (Å²) in [5.41, 5.74) is 3.44. The van der Waals surface area contributed by atoms with Crippen LogP contribution in [0.5, 0.6) is 0 Å². The van der Waals surface area contributed by atoms with Crippen molar-refractivity contribution in [2.45, 2.75) is 38.6 Å². The first-order chi connectivity index (χ1) is 13.3. The van der Waals surface area contributed by atoms with Crippen molar-refractivity contribution in [3.05, 3.63) is 29.8 Å². The maximum absolute atomic E-state index is 5.00. The molecule has 142 valence electrons. The minimum absolute atomic E-state index is 0.526. The van der Waals surface area contributed by atoms with Gasteiger partial charge in [0.25, 0.3) is 0 Å². The number of anilines is 2. The Kier molecular flexibility index (Phi) is 4.49. The first-order valence-corrected chi connectivity index (χ1v) is 10.8. The molecule has 5 rings (SSSR count). The van der Waals surface area contributed by atoms with E-state index >= 15 is 0 Å². The van der Waals surface area contributed by atoms with Gasteiger partial charge in [0.2, 0.25) is 10.1 Å². The van der Waals surface area contributed by atoms with Crippen molar-refractivity contribution in [3.8, 4) is 11.3 Å². The van der Waals surface area contributed by atoms with Crippen LogP contribution in [0, 0.1) is 6.92 Å². The van der Waals surface area contributed by atoms with Crippen molar-refractivity contribution in [1.29, 1.82) is 0 Å². The van der Waals surface area contributed by atoms with Gasteiger partial charge in [-0.15, -0.1) is 5.10 Å². The van der Waals surface area contributed by atoms with Crippen molar-refractivity contribution in [2.75, 3.05) is 36.4 Å². The monoisotopic (exact) mass is 382 g/mol. The highest BCUT2D eigenvalue weighted by atomic mass is 32.1. The smallest absolute Gasteiger partial charge is 0.216 e. The molecule has 0 unspecified atom stereocenters. The average Bonchev–Trinajstić information content (AvgIpc) is 3.40. The molecule has 1 aliphatic carbocycles. The van der Waals surface area contributed by atoms with Crippen LogP contribution in [0.15, 0.2) is 24.3 Å². The maximum atomic E-state index is 5.00. The summed E-state index contributed by atoms with van der Waals surface area (Å²) in [7, 11) is 0. The number of hydrogen-bond donors (Lipinski definition) is 2. The van der Waals surface area contributed by atoms with Gasteiger partial charge in [-0.2, -0.15) is 4.52 Å². The van der Waals surface area contributed by atoms with E-state index in [1.807, 2.05) is 4.52 Å². The van der Waals surface area contributed by atoms with Crippen molar-refractivity contribution < 1.29 is 0 Å². The van der Waals surface area contributed by atoms with Gasteiger partial charge in [0.05, 0.1) is 0 Å². The molecule has 3 aromatic rings. The molecular weight excluding hydrogens is 356 g/mol. The Morgan fingerprint density at radius 1 is 1.19 bits per heavy atom. The zero-order valence-electron chi connectivity index (χ0n) is 15.7. The Morgan fingerprint density at radius 3 is 2.78 bits per heavy atom. The summed E-state index contributed by atoms with van der Waals surface area (Å²) < 4.78 is 2.04. The second kappa shape index (κ2) is 7.13. The minimum atomic E-state index is 0.526. The highest BCUT2D eigenvalue weighted by Gasteiger charge is 2.24. The predicted molar refractivity (Wildman–Crippen MR) is 112 cm³/mol. The number of hydrogen-bond acceptors (Lipinski definition) is 6. The second-order valence-corrected chi connectivity index (χ2v) is 8.55. The summed E-state index contributed by atoms with van der Waals surface area (Å²) in [4.78, 5) is 8.33. The van der Waals surface area contributed by atoms with Crippen LogP contribution < -0.4 is 15.5 Å². The fourth-order valence-electron chi connectivity index (χ4n) is 4.11. The molecule has 0 radical (unpaired) electrons. The summed E-state index contributed by atoms with van der Waals surface area (Å²) >= 11 is 1.69. The second-order valence-electron chi connectivity index (χ2n) is 7.62. The van der Waals surface area contributed by atoms with E-state index in [0.717, 1.165) is 53.3 Å². The molecular formula is C20H26N6S. The lowest BCUT2D eigenvalue weighted by molar-refractivity contribution is 0.586.